The molecular weight excluding hydrogens is 757 g/mol. The molecule has 5 heterocycles. The normalized spacial score (nSPS) is 15.8. The van der Waals surface area contributed by atoms with Crippen LogP contribution < -0.4 is 10.6 Å². The van der Waals surface area contributed by atoms with Gasteiger partial charge in [-0.2, -0.15) is 0 Å². The van der Waals surface area contributed by atoms with Crippen LogP contribution in [0.1, 0.15) is 87.0 Å². The molecule has 11 rings (SSSR count). The molecule has 6 nitrogen and oxygen atoms in total. The minimum Gasteiger partial charge on any atom is -0.380 e. The summed E-state index contributed by atoms with van der Waals surface area (Å²) >= 11 is 0. The van der Waals surface area contributed by atoms with Crippen molar-refractivity contribution < 1.29 is 0 Å². The summed E-state index contributed by atoms with van der Waals surface area (Å²) in [6, 6.07) is 52.8. The number of rotatable bonds is 8. The minimum absolute atomic E-state index is 0.386. The Bertz CT molecular complexity index is 2740. The topological polar surface area (TPSA) is 81.4 Å². The Morgan fingerprint density at radius 1 is 0.355 bits per heavy atom. The molecule has 0 atom stereocenters. The van der Waals surface area contributed by atoms with E-state index in [9.17, 15) is 0 Å². The highest BCUT2D eigenvalue weighted by Gasteiger charge is 2.27. The van der Waals surface area contributed by atoms with Crippen LogP contribution >= 0.6 is 0 Å². The second-order valence-corrected chi connectivity index (χ2v) is 17.3. The van der Waals surface area contributed by atoms with Gasteiger partial charge >= 0.3 is 0 Å². The van der Waals surface area contributed by atoms with Crippen molar-refractivity contribution in [3.8, 4) is 44.5 Å². The van der Waals surface area contributed by atoms with E-state index in [0.29, 0.717) is 12.1 Å². The molecule has 2 fully saturated rings. The van der Waals surface area contributed by atoms with Crippen molar-refractivity contribution in [3.05, 3.63) is 168 Å². The largest absolute Gasteiger partial charge is 0.380 e. The fourth-order valence-electron chi connectivity index (χ4n) is 10.1. The van der Waals surface area contributed by atoms with Gasteiger partial charge in [0.05, 0.1) is 34.2 Å². The van der Waals surface area contributed by atoms with Crippen molar-refractivity contribution >= 4 is 45.6 Å². The predicted octanol–water partition coefficient (Wildman–Crippen LogP) is 13.8. The minimum atomic E-state index is 0.386. The van der Waals surface area contributed by atoms with Gasteiger partial charge in [-0.25, -0.2) is 9.97 Å². The highest BCUT2D eigenvalue weighted by Crippen LogP contribution is 2.41. The molecule has 2 aliphatic carbocycles. The van der Waals surface area contributed by atoms with Crippen molar-refractivity contribution in [3.63, 3.8) is 0 Å². The van der Waals surface area contributed by atoms with E-state index in [1.54, 1.807) is 0 Å². The number of hydrogen-bond donors (Lipinski definition) is 4. The van der Waals surface area contributed by atoms with Crippen molar-refractivity contribution in [2.45, 2.75) is 76.3 Å². The first-order chi connectivity index (χ1) is 30.7. The van der Waals surface area contributed by atoms with E-state index < -0.39 is 0 Å². The van der Waals surface area contributed by atoms with Gasteiger partial charge in [-0.15, -0.1) is 0 Å². The van der Waals surface area contributed by atoms with Crippen LogP contribution in [0.15, 0.2) is 146 Å². The van der Waals surface area contributed by atoms with Crippen molar-refractivity contribution in [2.75, 3.05) is 0 Å². The maximum absolute atomic E-state index is 5.72. The molecule has 8 bridgehead atoms. The highest BCUT2D eigenvalue weighted by atomic mass is 15.0. The molecule has 4 aliphatic rings. The van der Waals surface area contributed by atoms with Gasteiger partial charge in [-0.1, -0.05) is 160 Å². The second-order valence-electron chi connectivity index (χ2n) is 17.3. The van der Waals surface area contributed by atoms with Gasteiger partial charge in [-0.05, 0) is 84.4 Å². The Morgan fingerprint density at radius 2 is 0.661 bits per heavy atom. The number of aromatic nitrogens is 4. The lowest BCUT2D eigenvalue weighted by atomic mass is 9.94. The van der Waals surface area contributed by atoms with Gasteiger partial charge in [0.25, 0.3) is 0 Å². The molecule has 0 unspecified atom stereocenters. The number of hydrogen-bond acceptors (Lipinski definition) is 4. The standard InChI is InChI=1S/C56H52N6/c1-7-19-37(20-8-1)51-43-31-33-45(59-43)53(39-23-11-3-12-24-39)56-50(58-42-29-17-6-18-30-42)36-48(62-56)52(38-21-9-2-10-22-38)44-32-34-46(60-44)54(40-25-13-4-14-26-40)55-49(35-47(51)61-55)57-41-27-15-5-16-28-41/h1-4,7-14,19-26,31-36,41-42,57-60H,5-6,15-18,27-30H2. The van der Waals surface area contributed by atoms with E-state index in [1.807, 2.05) is 0 Å². The molecule has 4 aromatic carbocycles. The van der Waals surface area contributed by atoms with Crippen LogP contribution in [0.4, 0.5) is 0 Å². The lowest BCUT2D eigenvalue weighted by Gasteiger charge is -2.24. The van der Waals surface area contributed by atoms with Crippen LogP contribution in [-0.2, 0) is 0 Å². The summed E-state index contributed by atoms with van der Waals surface area (Å²) in [5.41, 5.74) is 18.6. The first-order valence-electron chi connectivity index (χ1n) is 22.7. The van der Waals surface area contributed by atoms with Crippen LogP contribution in [0, 0.1) is 0 Å². The molecule has 7 aromatic rings. The lowest BCUT2D eigenvalue weighted by molar-refractivity contribution is 0.409. The Morgan fingerprint density at radius 3 is 1.00 bits per heavy atom. The third-order valence-corrected chi connectivity index (χ3v) is 13.2. The summed E-state index contributed by atoms with van der Waals surface area (Å²) in [6.07, 6.45) is 16.8. The second kappa shape index (κ2) is 16.9. The van der Waals surface area contributed by atoms with E-state index in [0.717, 1.165) is 126 Å². The van der Waals surface area contributed by atoms with Crippen molar-refractivity contribution in [2.24, 2.45) is 0 Å². The first-order valence-corrected chi connectivity index (χ1v) is 22.7. The molecule has 6 heteroatoms. The van der Waals surface area contributed by atoms with E-state index in [4.69, 9.17) is 9.97 Å². The zero-order valence-corrected chi connectivity index (χ0v) is 35.1. The summed E-state index contributed by atoms with van der Waals surface area (Å²) < 4.78 is 0. The summed E-state index contributed by atoms with van der Waals surface area (Å²) in [5, 5.41) is 8.12. The van der Waals surface area contributed by atoms with Crippen molar-refractivity contribution in [1.29, 1.82) is 0 Å². The van der Waals surface area contributed by atoms with Gasteiger partial charge in [0.1, 0.15) is 0 Å². The summed E-state index contributed by atoms with van der Waals surface area (Å²) in [4.78, 5) is 19.4. The Kier molecular flexibility index (Phi) is 10.3. The van der Waals surface area contributed by atoms with Crippen LogP contribution in [0.25, 0.3) is 90.1 Å². The number of fused-ring (bicyclic) bond motifs is 8. The smallest absolute Gasteiger partial charge is 0.0968 e. The molecule has 62 heavy (non-hydrogen) atoms. The molecule has 2 aliphatic heterocycles. The Hall–Kier alpha value is -6.92. The molecular formula is C56H52N6. The highest BCUT2D eigenvalue weighted by molar-refractivity contribution is 6.03. The van der Waals surface area contributed by atoms with Crippen LogP contribution in [0.2, 0.25) is 0 Å². The number of benzene rings is 4. The predicted molar refractivity (Wildman–Crippen MR) is 259 cm³/mol. The molecule has 306 valence electrons. The van der Waals surface area contributed by atoms with Crippen LogP contribution in [0.5, 0.6) is 0 Å². The molecule has 0 amide bonds. The fourth-order valence-corrected chi connectivity index (χ4v) is 10.1. The van der Waals surface area contributed by atoms with Gasteiger partial charge in [-0.3, -0.25) is 0 Å². The number of nitrogens with one attached hydrogen (secondary N) is 4. The quantitative estimate of drug-likeness (QED) is 0.123. The Balaban J connectivity index is 1.30. The van der Waals surface area contributed by atoms with Gasteiger partial charge in [0, 0.05) is 56.4 Å². The third kappa shape index (κ3) is 7.44. The number of H-pyrrole nitrogens is 2. The zero-order valence-electron chi connectivity index (χ0n) is 35.1. The number of aromatic amines is 2. The summed E-state index contributed by atoms with van der Waals surface area (Å²) in [5.74, 6) is 0. The summed E-state index contributed by atoms with van der Waals surface area (Å²) in [6.45, 7) is 0. The van der Waals surface area contributed by atoms with Crippen LogP contribution in [-0.4, -0.2) is 32.0 Å². The molecule has 0 spiro atoms. The fraction of sp³-hybridized carbons (Fsp3) is 0.214. The third-order valence-electron chi connectivity index (χ3n) is 13.2. The van der Waals surface area contributed by atoms with Crippen LogP contribution in [0.3, 0.4) is 0 Å². The first kappa shape index (κ1) is 38.0. The average Bonchev–Trinajstić information content (AvgIpc) is 4.16. The molecule has 3 aromatic heterocycles. The molecule has 4 N–H and O–H groups in total. The maximum Gasteiger partial charge on any atom is 0.0968 e. The molecule has 0 saturated heterocycles. The van der Waals surface area contributed by atoms with Gasteiger partial charge in [0.15, 0.2) is 0 Å². The molecule has 2 saturated carbocycles. The van der Waals surface area contributed by atoms with Gasteiger partial charge in [0.2, 0.25) is 0 Å². The van der Waals surface area contributed by atoms with E-state index in [-0.39, 0.29) is 0 Å². The average molecular weight is 809 g/mol. The summed E-state index contributed by atoms with van der Waals surface area (Å²) in [7, 11) is 0. The van der Waals surface area contributed by atoms with Crippen molar-refractivity contribution in [1.82, 2.24) is 30.6 Å². The van der Waals surface area contributed by atoms with Gasteiger partial charge < -0.3 is 20.6 Å². The SMILES string of the molecule is C1=C(NC2CCCCC2)c2nc1c(-c1ccccc1)c1ccc([nH]1)c(-c1ccccc1)c1nc(c(-c3ccccc3)c3ccc([nH]3)c2-c2ccccc2)C=C1NC1CCCCC1. The number of nitrogens with zero attached hydrogens (tertiary/aromatic N) is 2. The zero-order chi connectivity index (χ0) is 41.2. The maximum atomic E-state index is 5.72. The molecule has 0 radical (unpaired) electrons. The Labute approximate surface area is 364 Å². The van der Waals surface area contributed by atoms with E-state index in [2.05, 4.69) is 178 Å². The van der Waals surface area contributed by atoms with E-state index >= 15 is 0 Å². The monoisotopic (exact) mass is 808 g/mol. The van der Waals surface area contributed by atoms with E-state index in [1.165, 1.54) is 38.5 Å². The lowest BCUT2D eigenvalue weighted by Crippen LogP contribution is -2.29.